The number of nitrogens with two attached hydrogens (primary N) is 1. The van der Waals surface area contributed by atoms with Crippen molar-refractivity contribution in [3.63, 3.8) is 0 Å². The number of sulfonamides is 1. The van der Waals surface area contributed by atoms with Crippen LogP contribution in [0.4, 0.5) is 11.5 Å². The second kappa shape index (κ2) is 6.61. The summed E-state index contributed by atoms with van der Waals surface area (Å²) in [5.41, 5.74) is 9.06. The van der Waals surface area contributed by atoms with E-state index in [1.165, 1.54) is 10.5 Å². The molecule has 27 heavy (non-hydrogen) atoms. The molecule has 0 bridgehead atoms. The Kier molecular flexibility index (Phi) is 4.39. The number of hydrogen-bond acceptors (Lipinski definition) is 5. The van der Waals surface area contributed by atoms with Crippen molar-refractivity contribution in [2.24, 2.45) is 0 Å². The zero-order chi connectivity index (χ0) is 19.2. The highest BCUT2D eigenvalue weighted by Crippen LogP contribution is 2.44. The van der Waals surface area contributed by atoms with Gasteiger partial charge in [-0.15, -0.1) is 0 Å². The highest BCUT2D eigenvalue weighted by atomic mass is 79.9. The van der Waals surface area contributed by atoms with Crippen LogP contribution in [0.3, 0.4) is 0 Å². The summed E-state index contributed by atoms with van der Waals surface area (Å²) < 4.78 is 29.0. The van der Waals surface area contributed by atoms with Gasteiger partial charge in [0.2, 0.25) is 0 Å². The summed E-state index contributed by atoms with van der Waals surface area (Å²) >= 11 is 3.30. The third-order valence-corrected chi connectivity index (χ3v) is 6.84. The van der Waals surface area contributed by atoms with Crippen molar-refractivity contribution in [3.05, 3.63) is 76.2 Å². The van der Waals surface area contributed by atoms with Crippen molar-refractivity contribution in [2.45, 2.75) is 24.3 Å². The minimum atomic E-state index is -3.80. The average molecular weight is 445 g/mol. The third kappa shape index (κ3) is 3.08. The van der Waals surface area contributed by atoms with Crippen LogP contribution in [0, 0.1) is 6.92 Å². The molecule has 2 aromatic carbocycles. The molecule has 8 heteroatoms. The molecule has 0 fully saturated rings. The molecule has 0 amide bonds. The first-order valence-corrected chi connectivity index (χ1v) is 10.6. The van der Waals surface area contributed by atoms with Gasteiger partial charge in [-0.2, -0.15) is 0 Å². The predicted molar refractivity (Wildman–Crippen MR) is 108 cm³/mol. The second-order valence-electron chi connectivity index (χ2n) is 6.43. The number of hydrogen-bond donors (Lipinski definition) is 1. The number of nitrogens with zero attached hydrogens (tertiary/aromatic N) is 3. The molecule has 0 aliphatic carbocycles. The van der Waals surface area contributed by atoms with Gasteiger partial charge in [0, 0.05) is 6.42 Å². The summed E-state index contributed by atoms with van der Waals surface area (Å²) in [5, 5.41) is 0. The lowest BCUT2D eigenvalue weighted by molar-refractivity contribution is 0.580. The van der Waals surface area contributed by atoms with Crippen LogP contribution in [-0.4, -0.2) is 18.4 Å². The zero-order valence-electron chi connectivity index (χ0n) is 14.5. The molecule has 0 saturated heterocycles. The lowest BCUT2D eigenvalue weighted by atomic mass is 10.1. The molecule has 3 aromatic rings. The van der Waals surface area contributed by atoms with Gasteiger partial charge in [-0.25, -0.2) is 18.4 Å². The lowest BCUT2D eigenvalue weighted by Crippen LogP contribution is -2.33. The van der Waals surface area contributed by atoms with Gasteiger partial charge in [0.1, 0.15) is 16.1 Å². The Morgan fingerprint density at radius 1 is 1.15 bits per heavy atom. The molecule has 2 N–H and O–H groups in total. The van der Waals surface area contributed by atoms with Crippen molar-refractivity contribution in [3.8, 4) is 0 Å². The van der Waals surface area contributed by atoms with Crippen LogP contribution >= 0.6 is 15.9 Å². The normalized spacial score (nSPS) is 16.4. The van der Waals surface area contributed by atoms with Gasteiger partial charge in [-0.05, 0) is 46.6 Å². The molecule has 1 aromatic heterocycles. The topological polar surface area (TPSA) is 89.2 Å². The number of anilines is 2. The van der Waals surface area contributed by atoms with Crippen molar-refractivity contribution in [1.82, 2.24) is 9.97 Å². The van der Waals surface area contributed by atoms with E-state index in [9.17, 15) is 8.42 Å². The van der Waals surface area contributed by atoms with Crippen LogP contribution in [0.2, 0.25) is 0 Å². The zero-order valence-corrected chi connectivity index (χ0v) is 16.9. The Labute approximate surface area is 166 Å². The largest absolute Gasteiger partial charge is 0.382 e. The molecule has 2 heterocycles. The van der Waals surface area contributed by atoms with Crippen LogP contribution in [0.5, 0.6) is 0 Å². The van der Waals surface area contributed by atoms with Crippen LogP contribution in [-0.2, 0) is 16.4 Å². The Balaban J connectivity index is 1.90. The minimum Gasteiger partial charge on any atom is -0.382 e. The Morgan fingerprint density at radius 3 is 2.59 bits per heavy atom. The first-order valence-electron chi connectivity index (χ1n) is 8.35. The van der Waals surface area contributed by atoms with E-state index in [0.29, 0.717) is 22.4 Å². The lowest BCUT2D eigenvalue weighted by Gasteiger charge is -2.27. The summed E-state index contributed by atoms with van der Waals surface area (Å²) in [6.45, 7) is 1.92. The Bertz CT molecular complexity index is 1120. The molecule has 1 aliphatic heterocycles. The fourth-order valence-electron chi connectivity index (χ4n) is 3.32. The molecule has 6 nitrogen and oxygen atoms in total. The quantitative estimate of drug-likeness (QED) is 0.665. The van der Waals surface area contributed by atoms with Crippen LogP contribution in [0.15, 0.2) is 64.2 Å². The van der Waals surface area contributed by atoms with Crippen LogP contribution in [0.25, 0.3) is 0 Å². The highest BCUT2D eigenvalue weighted by Gasteiger charge is 2.41. The maximum atomic E-state index is 13.5. The van der Waals surface area contributed by atoms with E-state index in [2.05, 4.69) is 25.9 Å². The van der Waals surface area contributed by atoms with Gasteiger partial charge < -0.3 is 5.73 Å². The number of fused-ring (bicyclic) bond motifs is 1. The summed E-state index contributed by atoms with van der Waals surface area (Å²) in [7, 11) is -3.80. The molecular formula is C19H17BrN4O2S. The Hall–Kier alpha value is -2.45. The number of nitrogen functional groups attached to an aromatic ring is 1. The maximum Gasteiger partial charge on any atom is 0.264 e. The third-order valence-electron chi connectivity index (χ3n) is 4.62. The van der Waals surface area contributed by atoms with E-state index in [1.54, 1.807) is 24.3 Å². The molecule has 1 unspecified atom stereocenters. The van der Waals surface area contributed by atoms with Crippen LogP contribution < -0.4 is 10.0 Å². The first kappa shape index (κ1) is 17.9. The molecule has 0 spiro atoms. The average Bonchev–Trinajstić information content (AvgIpc) is 3.04. The minimum absolute atomic E-state index is 0.222. The Morgan fingerprint density at radius 2 is 1.85 bits per heavy atom. The number of benzene rings is 2. The molecule has 0 saturated carbocycles. The number of aryl methyl sites for hydroxylation is 1. The van der Waals surface area contributed by atoms with E-state index in [-0.39, 0.29) is 10.7 Å². The first-order chi connectivity index (χ1) is 12.9. The van der Waals surface area contributed by atoms with Crippen molar-refractivity contribution >= 4 is 37.5 Å². The van der Waals surface area contributed by atoms with Crippen molar-refractivity contribution in [1.29, 1.82) is 0 Å². The summed E-state index contributed by atoms with van der Waals surface area (Å²) in [4.78, 5) is 8.80. The molecule has 1 aliphatic rings. The van der Waals surface area contributed by atoms with E-state index >= 15 is 0 Å². The fourth-order valence-corrected chi connectivity index (χ4v) is 5.27. The smallest absolute Gasteiger partial charge is 0.264 e. The highest BCUT2D eigenvalue weighted by molar-refractivity contribution is 9.10. The molecule has 1 atom stereocenters. The van der Waals surface area contributed by atoms with E-state index in [4.69, 9.17) is 5.73 Å². The number of halogens is 1. The van der Waals surface area contributed by atoms with Crippen molar-refractivity contribution < 1.29 is 8.42 Å². The molecule has 4 rings (SSSR count). The van der Waals surface area contributed by atoms with Crippen molar-refractivity contribution in [2.75, 3.05) is 10.0 Å². The van der Waals surface area contributed by atoms with Gasteiger partial charge in [0.15, 0.2) is 0 Å². The number of aromatic nitrogens is 2. The number of rotatable bonds is 3. The predicted octanol–water partition coefficient (Wildman–Crippen LogP) is 3.62. The second-order valence-corrected chi connectivity index (χ2v) is 9.05. The van der Waals surface area contributed by atoms with E-state index in [1.807, 2.05) is 31.2 Å². The fraction of sp³-hybridized carbons (Fsp3) is 0.158. The molecule has 138 valence electrons. The van der Waals surface area contributed by atoms with E-state index in [0.717, 1.165) is 11.1 Å². The standard InChI is InChI=1S/C19H17BrN4O2S/c1-12-6-8-14(9-7-12)27(25,26)24-15-5-3-2-4-13(15)10-16(24)18-19(21)22-11-17(20)23-18/h2-9,11,16H,10H2,1H3,(H2,21,22). The van der Waals surface area contributed by atoms with Gasteiger partial charge in [-0.3, -0.25) is 4.31 Å². The van der Waals surface area contributed by atoms with Crippen LogP contribution in [0.1, 0.15) is 22.9 Å². The maximum absolute atomic E-state index is 13.5. The number of para-hydroxylation sites is 1. The van der Waals surface area contributed by atoms with Gasteiger partial charge >= 0.3 is 0 Å². The van der Waals surface area contributed by atoms with E-state index < -0.39 is 16.1 Å². The van der Waals surface area contributed by atoms with Gasteiger partial charge in [0.05, 0.1) is 22.8 Å². The molecule has 0 radical (unpaired) electrons. The summed E-state index contributed by atoms with van der Waals surface area (Å²) in [5.74, 6) is 0.222. The SMILES string of the molecule is Cc1ccc(S(=O)(=O)N2c3ccccc3CC2c2nc(Br)cnc2N)cc1. The summed E-state index contributed by atoms with van der Waals surface area (Å²) in [6.07, 6.45) is 1.98. The van der Waals surface area contributed by atoms with Gasteiger partial charge in [0.25, 0.3) is 10.0 Å². The summed E-state index contributed by atoms with van der Waals surface area (Å²) in [6, 6.07) is 13.7. The molecular weight excluding hydrogens is 428 g/mol. The van der Waals surface area contributed by atoms with Gasteiger partial charge in [-0.1, -0.05) is 35.9 Å². The monoisotopic (exact) mass is 444 g/mol.